The van der Waals surface area contributed by atoms with Crippen LogP contribution in [0, 0.1) is 5.92 Å². The van der Waals surface area contributed by atoms with Crippen molar-refractivity contribution in [3.8, 4) is 5.75 Å². The highest BCUT2D eigenvalue weighted by Gasteiger charge is 2.10. The molecule has 2 rings (SSSR count). The van der Waals surface area contributed by atoms with E-state index in [2.05, 4.69) is 17.4 Å². The number of hydrogen-bond acceptors (Lipinski definition) is 3. The molecular weight excluding hydrogens is 278 g/mol. The van der Waals surface area contributed by atoms with Gasteiger partial charge in [0.25, 0.3) is 0 Å². The van der Waals surface area contributed by atoms with E-state index in [-0.39, 0.29) is 18.4 Å². The molecule has 22 heavy (non-hydrogen) atoms. The molecule has 1 aliphatic carbocycles. The maximum atomic E-state index is 11.6. The molecule has 0 aliphatic heterocycles. The highest BCUT2D eigenvalue weighted by atomic mass is 16.5. The van der Waals surface area contributed by atoms with E-state index in [0.717, 1.165) is 12.2 Å². The van der Waals surface area contributed by atoms with E-state index in [4.69, 9.17) is 9.84 Å². The van der Waals surface area contributed by atoms with E-state index >= 15 is 0 Å². The molecule has 0 aromatic heterocycles. The molecule has 1 aromatic carbocycles. The number of nitrogens with one attached hydrogen (secondary N) is 1. The molecule has 4 nitrogen and oxygen atoms in total. The average molecular weight is 305 g/mol. The van der Waals surface area contributed by atoms with E-state index in [1.165, 1.54) is 30.4 Å². The van der Waals surface area contributed by atoms with Gasteiger partial charge in [0.05, 0.1) is 6.61 Å². The summed E-state index contributed by atoms with van der Waals surface area (Å²) in [7, 11) is 0. The van der Waals surface area contributed by atoms with Gasteiger partial charge < -0.3 is 15.2 Å². The number of carbonyl (C=O) groups is 1. The van der Waals surface area contributed by atoms with Gasteiger partial charge in [-0.1, -0.05) is 13.0 Å². The number of carbonyl (C=O) groups excluding carboxylic acids is 1. The van der Waals surface area contributed by atoms with Crippen LogP contribution in [0.1, 0.15) is 43.7 Å². The molecule has 4 heteroatoms. The summed E-state index contributed by atoms with van der Waals surface area (Å²) in [5, 5.41) is 11.7. The van der Waals surface area contributed by atoms with Crippen molar-refractivity contribution >= 4 is 5.91 Å². The van der Waals surface area contributed by atoms with Gasteiger partial charge in [0.15, 0.2) is 0 Å². The second-order valence-corrected chi connectivity index (χ2v) is 6.18. The number of fused-ring (bicyclic) bond motifs is 1. The van der Waals surface area contributed by atoms with Crippen LogP contribution < -0.4 is 10.1 Å². The van der Waals surface area contributed by atoms with Gasteiger partial charge in [-0.15, -0.1) is 0 Å². The van der Waals surface area contributed by atoms with Crippen LogP contribution in [0.4, 0.5) is 0 Å². The second kappa shape index (κ2) is 8.79. The summed E-state index contributed by atoms with van der Waals surface area (Å²) < 4.78 is 5.75. The Morgan fingerprint density at radius 1 is 1.32 bits per heavy atom. The van der Waals surface area contributed by atoms with E-state index in [0.29, 0.717) is 26.0 Å². The molecule has 1 aliphatic rings. The molecule has 0 saturated heterocycles. The molecule has 1 atom stereocenters. The van der Waals surface area contributed by atoms with Crippen LogP contribution in [0.5, 0.6) is 5.75 Å². The van der Waals surface area contributed by atoms with E-state index in [1.807, 2.05) is 13.0 Å². The quantitative estimate of drug-likeness (QED) is 0.725. The monoisotopic (exact) mass is 305 g/mol. The third-order valence-corrected chi connectivity index (χ3v) is 4.10. The number of hydrogen-bond donors (Lipinski definition) is 2. The first kappa shape index (κ1) is 16.8. The molecule has 0 radical (unpaired) electrons. The summed E-state index contributed by atoms with van der Waals surface area (Å²) in [4.78, 5) is 11.6. The first-order chi connectivity index (χ1) is 10.7. The molecular formula is C18H27NO3. The van der Waals surface area contributed by atoms with E-state index in [9.17, 15) is 4.79 Å². The number of benzene rings is 1. The van der Waals surface area contributed by atoms with Gasteiger partial charge in [-0.05, 0) is 61.3 Å². The van der Waals surface area contributed by atoms with Crippen molar-refractivity contribution in [1.29, 1.82) is 0 Å². The van der Waals surface area contributed by atoms with Gasteiger partial charge >= 0.3 is 0 Å². The van der Waals surface area contributed by atoms with Crippen LogP contribution in [-0.2, 0) is 17.6 Å². The minimum absolute atomic E-state index is 0.0225. The predicted molar refractivity (Wildman–Crippen MR) is 87.1 cm³/mol. The topological polar surface area (TPSA) is 58.6 Å². The minimum atomic E-state index is 0.0225. The Balaban J connectivity index is 1.65. The van der Waals surface area contributed by atoms with Gasteiger partial charge in [0.2, 0.25) is 5.91 Å². The lowest BCUT2D eigenvalue weighted by molar-refractivity contribution is -0.121. The van der Waals surface area contributed by atoms with Crippen LogP contribution in [0.25, 0.3) is 0 Å². The highest BCUT2D eigenvalue weighted by molar-refractivity contribution is 5.75. The van der Waals surface area contributed by atoms with Crippen molar-refractivity contribution in [2.24, 2.45) is 5.92 Å². The van der Waals surface area contributed by atoms with E-state index < -0.39 is 0 Å². The highest BCUT2D eigenvalue weighted by Crippen LogP contribution is 2.25. The predicted octanol–water partition coefficient (Wildman–Crippen LogP) is 2.47. The van der Waals surface area contributed by atoms with Gasteiger partial charge in [-0.2, -0.15) is 0 Å². The molecule has 1 amide bonds. The number of aliphatic hydroxyl groups excluding tert-OH is 1. The summed E-state index contributed by atoms with van der Waals surface area (Å²) in [6.45, 7) is 3.09. The lowest BCUT2D eigenvalue weighted by Crippen LogP contribution is -2.29. The Bertz CT molecular complexity index is 487. The molecule has 0 bridgehead atoms. The summed E-state index contributed by atoms with van der Waals surface area (Å²) in [6, 6.07) is 6.36. The number of amides is 1. The maximum absolute atomic E-state index is 11.6. The molecule has 2 N–H and O–H groups in total. The standard InChI is InChI=1S/C18H27NO3/c1-14(13-20)12-19-18(21)7-4-10-22-17-9-8-15-5-2-3-6-16(15)11-17/h8-9,11,14,20H,2-7,10,12-13H2,1H3,(H,19,21). The van der Waals surface area contributed by atoms with Crippen molar-refractivity contribution in [2.75, 3.05) is 19.8 Å². The third-order valence-electron chi connectivity index (χ3n) is 4.10. The van der Waals surface area contributed by atoms with Crippen molar-refractivity contribution < 1.29 is 14.6 Å². The Morgan fingerprint density at radius 2 is 2.09 bits per heavy atom. The maximum Gasteiger partial charge on any atom is 0.220 e. The summed E-state index contributed by atoms with van der Waals surface area (Å²) >= 11 is 0. The first-order valence-electron chi connectivity index (χ1n) is 8.31. The minimum Gasteiger partial charge on any atom is -0.494 e. The van der Waals surface area contributed by atoms with Crippen molar-refractivity contribution in [2.45, 2.75) is 45.4 Å². The molecule has 122 valence electrons. The van der Waals surface area contributed by atoms with Crippen LogP contribution in [-0.4, -0.2) is 30.8 Å². The number of ether oxygens (including phenoxy) is 1. The van der Waals surface area contributed by atoms with Gasteiger partial charge in [0.1, 0.15) is 5.75 Å². The first-order valence-corrected chi connectivity index (χ1v) is 8.31. The Labute approximate surface area is 132 Å². The third kappa shape index (κ3) is 5.34. The zero-order valence-electron chi connectivity index (χ0n) is 13.4. The van der Waals surface area contributed by atoms with Crippen LogP contribution in [0.15, 0.2) is 18.2 Å². The fourth-order valence-electron chi connectivity index (χ4n) is 2.66. The molecule has 1 unspecified atom stereocenters. The largest absolute Gasteiger partial charge is 0.494 e. The van der Waals surface area contributed by atoms with Crippen LogP contribution >= 0.6 is 0 Å². The summed E-state index contributed by atoms with van der Waals surface area (Å²) in [6.07, 6.45) is 6.06. The fraction of sp³-hybridized carbons (Fsp3) is 0.611. The molecule has 0 fully saturated rings. The summed E-state index contributed by atoms with van der Waals surface area (Å²) in [5.41, 5.74) is 2.87. The fourth-order valence-corrected chi connectivity index (χ4v) is 2.66. The smallest absolute Gasteiger partial charge is 0.220 e. The molecule has 0 spiro atoms. The van der Waals surface area contributed by atoms with Crippen molar-refractivity contribution in [1.82, 2.24) is 5.32 Å². The van der Waals surface area contributed by atoms with Crippen molar-refractivity contribution in [3.05, 3.63) is 29.3 Å². The molecule has 0 heterocycles. The van der Waals surface area contributed by atoms with Crippen LogP contribution in [0.3, 0.4) is 0 Å². The Kier molecular flexibility index (Phi) is 6.72. The van der Waals surface area contributed by atoms with Crippen LogP contribution in [0.2, 0.25) is 0 Å². The Hall–Kier alpha value is -1.55. The SMILES string of the molecule is CC(CO)CNC(=O)CCCOc1ccc2c(c1)CCCC2. The van der Waals surface area contributed by atoms with Gasteiger partial charge in [-0.3, -0.25) is 4.79 Å². The van der Waals surface area contributed by atoms with E-state index in [1.54, 1.807) is 0 Å². The zero-order chi connectivity index (χ0) is 15.8. The lowest BCUT2D eigenvalue weighted by atomic mass is 9.92. The van der Waals surface area contributed by atoms with Gasteiger partial charge in [-0.25, -0.2) is 0 Å². The number of aliphatic hydroxyl groups is 1. The zero-order valence-corrected chi connectivity index (χ0v) is 13.4. The van der Waals surface area contributed by atoms with Gasteiger partial charge in [0, 0.05) is 19.6 Å². The number of rotatable bonds is 8. The molecule has 1 aromatic rings. The second-order valence-electron chi connectivity index (χ2n) is 6.18. The summed E-state index contributed by atoms with van der Waals surface area (Å²) in [5.74, 6) is 1.04. The van der Waals surface area contributed by atoms with Crippen molar-refractivity contribution in [3.63, 3.8) is 0 Å². The number of aryl methyl sites for hydroxylation is 2. The average Bonchev–Trinajstić information content (AvgIpc) is 2.56. The lowest BCUT2D eigenvalue weighted by Gasteiger charge is -2.16. The Morgan fingerprint density at radius 3 is 2.86 bits per heavy atom. The normalized spacial score (nSPS) is 15.0. The molecule has 0 saturated carbocycles.